The quantitative estimate of drug-likeness (QED) is 0.593. The van der Waals surface area contributed by atoms with Gasteiger partial charge in [-0.2, -0.15) is 0 Å². The summed E-state index contributed by atoms with van der Waals surface area (Å²) in [5, 5.41) is 17.5. The van der Waals surface area contributed by atoms with Gasteiger partial charge in [0.2, 0.25) is 10.0 Å². The molecule has 1 aromatic carbocycles. The Kier molecular flexibility index (Phi) is 4.99. The number of anilines is 1. The monoisotopic (exact) mass is 328 g/mol. The Labute approximate surface area is 129 Å². The summed E-state index contributed by atoms with van der Waals surface area (Å²) in [5.41, 5.74) is 0.114. The average Bonchev–Trinajstić information content (AvgIpc) is 2.97. The molecule has 1 aliphatic heterocycles. The Hall–Kier alpha value is -1.71. The number of benzene rings is 1. The molecular weight excluding hydrogens is 308 g/mol. The molecule has 0 saturated carbocycles. The van der Waals surface area contributed by atoms with E-state index >= 15 is 0 Å². The zero-order valence-corrected chi connectivity index (χ0v) is 13.4. The lowest BCUT2D eigenvalue weighted by atomic mass is 10.1. The highest BCUT2D eigenvalue weighted by molar-refractivity contribution is 7.89. The van der Waals surface area contributed by atoms with Gasteiger partial charge in [0, 0.05) is 26.7 Å². The Morgan fingerprint density at radius 1 is 1.45 bits per heavy atom. The molecule has 1 saturated heterocycles. The van der Waals surface area contributed by atoms with Crippen LogP contribution in [0.3, 0.4) is 0 Å². The first-order valence-electron chi connectivity index (χ1n) is 6.98. The summed E-state index contributed by atoms with van der Waals surface area (Å²) >= 11 is 0. The fraction of sp³-hybridized carbons (Fsp3) is 0.538. The van der Waals surface area contributed by atoms with Crippen LogP contribution in [0.2, 0.25) is 0 Å². The van der Waals surface area contributed by atoms with Crippen LogP contribution in [0.4, 0.5) is 11.4 Å². The van der Waals surface area contributed by atoms with Crippen molar-refractivity contribution in [3.05, 3.63) is 28.3 Å². The summed E-state index contributed by atoms with van der Waals surface area (Å²) < 4.78 is 25.2. The molecule has 0 aromatic heterocycles. The van der Waals surface area contributed by atoms with Crippen molar-refractivity contribution in [2.75, 3.05) is 39.0 Å². The number of nitrogens with one attached hydrogen (secondary N) is 2. The maximum Gasteiger partial charge on any atom is 0.293 e. The zero-order valence-electron chi connectivity index (χ0n) is 12.6. The first-order chi connectivity index (χ1) is 10.3. The molecule has 0 amide bonds. The normalized spacial score (nSPS) is 18.6. The van der Waals surface area contributed by atoms with E-state index < -0.39 is 14.9 Å². The van der Waals surface area contributed by atoms with Gasteiger partial charge in [0.1, 0.15) is 5.69 Å². The summed E-state index contributed by atoms with van der Waals surface area (Å²) in [6, 6.07) is 3.94. The number of nitrogens with zero attached hydrogens (tertiary/aromatic N) is 2. The summed E-state index contributed by atoms with van der Waals surface area (Å²) in [6.45, 7) is 2.45. The fourth-order valence-electron chi connectivity index (χ4n) is 2.33. The van der Waals surface area contributed by atoms with E-state index in [1.807, 2.05) is 0 Å². The van der Waals surface area contributed by atoms with Gasteiger partial charge < -0.3 is 10.6 Å². The predicted molar refractivity (Wildman–Crippen MR) is 83.4 cm³/mol. The van der Waals surface area contributed by atoms with Gasteiger partial charge in [0.15, 0.2) is 0 Å². The second-order valence-electron chi connectivity index (χ2n) is 5.46. The minimum Gasteiger partial charge on any atom is -0.379 e. The molecule has 1 heterocycles. The van der Waals surface area contributed by atoms with Crippen LogP contribution in [0.5, 0.6) is 0 Å². The minimum atomic E-state index is -3.69. The molecule has 1 aliphatic rings. The van der Waals surface area contributed by atoms with Crippen molar-refractivity contribution in [1.82, 2.24) is 9.62 Å². The lowest BCUT2D eigenvalue weighted by molar-refractivity contribution is -0.384. The van der Waals surface area contributed by atoms with Crippen LogP contribution in [-0.4, -0.2) is 51.4 Å². The summed E-state index contributed by atoms with van der Waals surface area (Å²) in [7, 11) is -0.911. The molecule has 0 radical (unpaired) electrons. The van der Waals surface area contributed by atoms with Gasteiger partial charge in [-0.1, -0.05) is 0 Å². The molecule has 2 N–H and O–H groups in total. The van der Waals surface area contributed by atoms with Gasteiger partial charge in [-0.25, -0.2) is 12.7 Å². The van der Waals surface area contributed by atoms with Crippen LogP contribution < -0.4 is 10.6 Å². The van der Waals surface area contributed by atoms with Crippen molar-refractivity contribution in [2.24, 2.45) is 5.92 Å². The van der Waals surface area contributed by atoms with Crippen LogP contribution in [-0.2, 0) is 10.0 Å². The maximum absolute atomic E-state index is 12.1. The molecule has 1 unspecified atom stereocenters. The first-order valence-corrected chi connectivity index (χ1v) is 8.42. The van der Waals surface area contributed by atoms with Crippen molar-refractivity contribution in [1.29, 1.82) is 0 Å². The number of rotatable bonds is 6. The molecule has 9 heteroatoms. The van der Waals surface area contributed by atoms with E-state index in [1.165, 1.54) is 26.2 Å². The smallest absolute Gasteiger partial charge is 0.293 e. The van der Waals surface area contributed by atoms with E-state index in [-0.39, 0.29) is 10.6 Å². The average molecular weight is 328 g/mol. The van der Waals surface area contributed by atoms with E-state index in [2.05, 4.69) is 10.6 Å². The van der Waals surface area contributed by atoms with Crippen molar-refractivity contribution in [2.45, 2.75) is 11.3 Å². The van der Waals surface area contributed by atoms with Crippen LogP contribution in [0.15, 0.2) is 23.1 Å². The van der Waals surface area contributed by atoms with E-state index in [9.17, 15) is 18.5 Å². The maximum atomic E-state index is 12.1. The van der Waals surface area contributed by atoms with E-state index in [0.29, 0.717) is 18.2 Å². The van der Waals surface area contributed by atoms with Gasteiger partial charge in [-0.15, -0.1) is 0 Å². The molecule has 8 nitrogen and oxygen atoms in total. The third-order valence-corrected chi connectivity index (χ3v) is 5.50. The fourth-order valence-corrected chi connectivity index (χ4v) is 3.25. The van der Waals surface area contributed by atoms with Crippen LogP contribution in [0.1, 0.15) is 6.42 Å². The van der Waals surface area contributed by atoms with Gasteiger partial charge in [0.25, 0.3) is 5.69 Å². The third kappa shape index (κ3) is 3.54. The lowest BCUT2D eigenvalue weighted by Crippen LogP contribution is -2.22. The standard InChI is InChI=1S/C13H20N4O4S/c1-16(2)22(20,21)11-3-4-12(13(7-11)17(18)19)15-9-10-5-6-14-8-10/h3-4,7,10,14-15H,5-6,8-9H2,1-2H3. The van der Waals surface area contributed by atoms with Crippen molar-refractivity contribution in [3.63, 3.8) is 0 Å². The second kappa shape index (κ2) is 6.59. The Bertz CT molecular complexity index is 654. The molecule has 22 heavy (non-hydrogen) atoms. The number of sulfonamides is 1. The zero-order chi connectivity index (χ0) is 16.3. The molecule has 1 fully saturated rings. The number of hydrogen-bond acceptors (Lipinski definition) is 6. The minimum absolute atomic E-state index is 0.0858. The van der Waals surface area contributed by atoms with Gasteiger partial charge in [0.05, 0.1) is 9.82 Å². The number of nitro groups is 1. The molecule has 1 atom stereocenters. The topological polar surface area (TPSA) is 105 Å². The highest BCUT2D eigenvalue weighted by Gasteiger charge is 2.23. The third-order valence-electron chi connectivity index (χ3n) is 3.69. The predicted octanol–water partition coefficient (Wildman–Crippen LogP) is 0.867. The Morgan fingerprint density at radius 2 is 2.18 bits per heavy atom. The molecule has 1 aromatic rings. The van der Waals surface area contributed by atoms with Crippen molar-refractivity contribution in [3.8, 4) is 0 Å². The molecular formula is C13H20N4O4S. The molecule has 0 spiro atoms. The van der Waals surface area contributed by atoms with Crippen LogP contribution >= 0.6 is 0 Å². The summed E-state index contributed by atoms with van der Waals surface area (Å²) in [5.74, 6) is 0.421. The summed E-state index contributed by atoms with van der Waals surface area (Å²) in [6.07, 6.45) is 1.02. The van der Waals surface area contributed by atoms with E-state index in [4.69, 9.17) is 0 Å². The van der Waals surface area contributed by atoms with Crippen LogP contribution in [0.25, 0.3) is 0 Å². The van der Waals surface area contributed by atoms with Crippen LogP contribution in [0, 0.1) is 16.0 Å². The van der Waals surface area contributed by atoms with Gasteiger partial charge in [-0.05, 0) is 37.6 Å². The highest BCUT2D eigenvalue weighted by Crippen LogP contribution is 2.29. The van der Waals surface area contributed by atoms with Crippen molar-refractivity contribution >= 4 is 21.4 Å². The van der Waals surface area contributed by atoms with E-state index in [0.717, 1.165) is 29.9 Å². The lowest BCUT2D eigenvalue weighted by Gasteiger charge is -2.14. The summed E-state index contributed by atoms with van der Waals surface area (Å²) in [4.78, 5) is 10.6. The number of hydrogen-bond donors (Lipinski definition) is 2. The SMILES string of the molecule is CN(C)S(=O)(=O)c1ccc(NCC2CCNC2)c([N+](=O)[O-])c1. The Balaban J connectivity index is 2.25. The number of nitro benzene ring substituents is 1. The molecule has 0 bridgehead atoms. The molecule has 2 rings (SSSR count). The Morgan fingerprint density at radius 3 is 2.73 bits per heavy atom. The van der Waals surface area contributed by atoms with E-state index in [1.54, 1.807) is 0 Å². The largest absolute Gasteiger partial charge is 0.379 e. The van der Waals surface area contributed by atoms with Gasteiger partial charge >= 0.3 is 0 Å². The van der Waals surface area contributed by atoms with Crippen molar-refractivity contribution < 1.29 is 13.3 Å². The van der Waals surface area contributed by atoms with Gasteiger partial charge in [-0.3, -0.25) is 10.1 Å². The highest BCUT2D eigenvalue weighted by atomic mass is 32.2. The second-order valence-corrected chi connectivity index (χ2v) is 7.62. The first kappa shape index (κ1) is 16.7. The molecule has 0 aliphatic carbocycles. The molecule has 122 valence electrons.